The van der Waals surface area contributed by atoms with Crippen LogP contribution in [0.15, 0.2) is 49.1 Å². The highest BCUT2D eigenvalue weighted by atomic mass is 19.1. The van der Waals surface area contributed by atoms with Crippen LogP contribution in [-0.4, -0.2) is 50.4 Å². The molecule has 4 heterocycles. The SMILES string of the molecule is Fc1ccc2nc(N3CCN(Cc4cnc[nH]4)CC3)c3cccn3c2c1. The highest BCUT2D eigenvalue weighted by molar-refractivity contribution is 5.85. The molecule has 1 aliphatic rings. The third kappa shape index (κ3) is 2.61. The van der Waals surface area contributed by atoms with E-state index in [4.69, 9.17) is 4.98 Å². The number of piperazine rings is 1. The summed E-state index contributed by atoms with van der Waals surface area (Å²) in [5.74, 6) is 0.727. The van der Waals surface area contributed by atoms with Crippen molar-refractivity contribution in [3.63, 3.8) is 0 Å². The summed E-state index contributed by atoms with van der Waals surface area (Å²) in [6, 6.07) is 8.79. The first kappa shape index (κ1) is 15.3. The molecule has 1 N–H and O–H groups in total. The zero-order valence-corrected chi connectivity index (χ0v) is 14.3. The molecule has 0 spiro atoms. The van der Waals surface area contributed by atoms with Crippen LogP contribution < -0.4 is 4.90 Å². The number of benzene rings is 1. The van der Waals surface area contributed by atoms with Gasteiger partial charge in [-0.05, 0) is 24.3 Å². The van der Waals surface area contributed by atoms with Crippen molar-refractivity contribution in [2.75, 3.05) is 31.1 Å². The fourth-order valence-electron chi connectivity index (χ4n) is 3.69. The van der Waals surface area contributed by atoms with Crippen molar-refractivity contribution < 1.29 is 4.39 Å². The third-order valence-electron chi connectivity index (χ3n) is 5.02. The van der Waals surface area contributed by atoms with E-state index in [9.17, 15) is 4.39 Å². The normalized spacial score (nSPS) is 16.0. The second-order valence-corrected chi connectivity index (χ2v) is 6.67. The average Bonchev–Trinajstić information content (AvgIpc) is 3.34. The lowest BCUT2D eigenvalue weighted by atomic mass is 10.2. The highest BCUT2D eigenvalue weighted by Gasteiger charge is 2.21. The Kier molecular flexibility index (Phi) is 3.60. The van der Waals surface area contributed by atoms with Gasteiger partial charge in [-0.3, -0.25) is 4.90 Å². The van der Waals surface area contributed by atoms with E-state index in [0.717, 1.165) is 60.8 Å². The van der Waals surface area contributed by atoms with Crippen LogP contribution in [0, 0.1) is 5.82 Å². The molecule has 6 nitrogen and oxygen atoms in total. The van der Waals surface area contributed by atoms with Crippen LogP contribution in [0.4, 0.5) is 10.2 Å². The van der Waals surface area contributed by atoms with E-state index in [-0.39, 0.29) is 5.82 Å². The van der Waals surface area contributed by atoms with E-state index in [1.165, 1.54) is 6.07 Å². The summed E-state index contributed by atoms with van der Waals surface area (Å²) in [4.78, 5) is 16.8. The van der Waals surface area contributed by atoms with Crippen LogP contribution in [0.25, 0.3) is 16.6 Å². The molecule has 0 unspecified atom stereocenters. The van der Waals surface area contributed by atoms with Crippen molar-refractivity contribution in [3.05, 3.63) is 60.6 Å². The van der Waals surface area contributed by atoms with Gasteiger partial charge in [0.05, 0.1) is 22.9 Å². The maximum Gasteiger partial charge on any atom is 0.153 e. The number of hydrogen-bond acceptors (Lipinski definition) is 4. The van der Waals surface area contributed by atoms with Crippen molar-refractivity contribution in [1.29, 1.82) is 0 Å². The van der Waals surface area contributed by atoms with Gasteiger partial charge in [-0.2, -0.15) is 0 Å². The fourth-order valence-corrected chi connectivity index (χ4v) is 3.69. The molecular weight excluding hydrogens is 331 g/mol. The number of rotatable bonds is 3. The number of aromatic nitrogens is 4. The number of nitrogens with zero attached hydrogens (tertiary/aromatic N) is 5. The van der Waals surface area contributed by atoms with Crippen LogP contribution in [0.3, 0.4) is 0 Å². The van der Waals surface area contributed by atoms with Gasteiger partial charge in [-0.25, -0.2) is 14.4 Å². The number of hydrogen-bond donors (Lipinski definition) is 1. The largest absolute Gasteiger partial charge is 0.352 e. The lowest BCUT2D eigenvalue weighted by Crippen LogP contribution is -2.46. The van der Waals surface area contributed by atoms with Crippen molar-refractivity contribution in [3.8, 4) is 0 Å². The smallest absolute Gasteiger partial charge is 0.153 e. The van der Waals surface area contributed by atoms with Crippen LogP contribution >= 0.6 is 0 Å². The summed E-state index contributed by atoms with van der Waals surface area (Å²) in [5, 5.41) is 0. The van der Waals surface area contributed by atoms with E-state index in [1.54, 1.807) is 18.5 Å². The summed E-state index contributed by atoms with van der Waals surface area (Å²) in [6.45, 7) is 4.65. The topological polar surface area (TPSA) is 52.5 Å². The summed E-state index contributed by atoms with van der Waals surface area (Å²) in [7, 11) is 0. The molecular formula is C19H19FN6. The summed E-state index contributed by atoms with van der Waals surface area (Å²) in [6.07, 6.45) is 5.56. The Morgan fingerprint density at radius 3 is 2.77 bits per heavy atom. The lowest BCUT2D eigenvalue weighted by Gasteiger charge is -2.35. The maximum absolute atomic E-state index is 13.7. The first-order chi connectivity index (χ1) is 12.8. The van der Waals surface area contributed by atoms with Crippen LogP contribution in [-0.2, 0) is 6.54 Å². The van der Waals surface area contributed by atoms with Gasteiger partial charge in [-0.15, -0.1) is 0 Å². The molecule has 5 rings (SSSR count). The zero-order chi connectivity index (χ0) is 17.5. The van der Waals surface area contributed by atoms with Gasteiger partial charge in [0.25, 0.3) is 0 Å². The van der Waals surface area contributed by atoms with Crippen molar-refractivity contribution in [2.24, 2.45) is 0 Å². The molecule has 0 bridgehead atoms. The van der Waals surface area contributed by atoms with Crippen molar-refractivity contribution in [1.82, 2.24) is 24.3 Å². The van der Waals surface area contributed by atoms with E-state index >= 15 is 0 Å². The second-order valence-electron chi connectivity index (χ2n) is 6.67. The van der Waals surface area contributed by atoms with E-state index < -0.39 is 0 Å². The molecule has 7 heteroatoms. The summed E-state index contributed by atoms with van der Waals surface area (Å²) >= 11 is 0. The van der Waals surface area contributed by atoms with Gasteiger partial charge in [0.1, 0.15) is 5.82 Å². The predicted octanol–water partition coefficient (Wildman–Crippen LogP) is 2.67. The molecule has 1 fully saturated rings. The predicted molar refractivity (Wildman–Crippen MR) is 98.7 cm³/mol. The Hall–Kier alpha value is -2.93. The third-order valence-corrected chi connectivity index (χ3v) is 5.02. The molecule has 0 saturated carbocycles. The standard InChI is InChI=1S/C19H19FN6/c20-14-3-4-16-18(10-14)26-5-1-2-17(26)19(23-16)25-8-6-24(7-9-25)12-15-11-21-13-22-15/h1-5,10-11,13H,6-9,12H2,(H,21,22). The van der Waals surface area contributed by atoms with Gasteiger partial charge in [0, 0.05) is 56.9 Å². The second kappa shape index (κ2) is 6.10. The number of anilines is 1. The van der Waals surface area contributed by atoms with Crippen LogP contribution in [0.2, 0.25) is 0 Å². The van der Waals surface area contributed by atoms with E-state index in [0.29, 0.717) is 0 Å². The number of halogens is 1. The van der Waals surface area contributed by atoms with Gasteiger partial charge in [0.15, 0.2) is 5.82 Å². The Balaban J connectivity index is 1.44. The minimum absolute atomic E-state index is 0.241. The van der Waals surface area contributed by atoms with Crippen molar-refractivity contribution in [2.45, 2.75) is 6.54 Å². The Bertz CT molecular complexity index is 1050. The Morgan fingerprint density at radius 2 is 1.96 bits per heavy atom. The van der Waals surface area contributed by atoms with Crippen LogP contribution in [0.5, 0.6) is 0 Å². The lowest BCUT2D eigenvalue weighted by molar-refractivity contribution is 0.247. The number of aromatic amines is 1. The van der Waals surface area contributed by atoms with Gasteiger partial charge in [-0.1, -0.05) is 0 Å². The molecule has 1 saturated heterocycles. The molecule has 26 heavy (non-hydrogen) atoms. The van der Waals surface area contributed by atoms with Gasteiger partial charge < -0.3 is 14.3 Å². The van der Waals surface area contributed by atoms with Gasteiger partial charge >= 0.3 is 0 Å². The number of H-pyrrole nitrogens is 1. The van der Waals surface area contributed by atoms with Crippen LogP contribution in [0.1, 0.15) is 5.69 Å². The average molecular weight is 350 g/mol. The first-order valence-corrected chi connectivity index (χ1v) is 8.79. The maximum atomic E-state index is 13.7. The molecule has 3 aromatic heterocycles. The number of nitrogens with one attached hydrogen (secondary N) is 1. The van der Waals surface area contributed by atoms with Gasteiger partial charge in [0.2, 0.25) is 0 Å². The molecule has 1 aliphatic heterocycles. The minimum atomic E-state index is -0.241. The molecule has 0 aliphatic carbocycles. The fraction of sp³-hybridized carbons (Fsp3) is 0.263. The minimum Gasteiger partial charge on any atom is -0.352 e. The number of imidazole rings is 1. The number of fused-ring (bicyclic) bond motifs is 3. The van der Waals surface area contributed by atoms with E-state index in [1.807, 2.05) is 28.9 Å². The zero-order valence-electron chi connectivity index (χ0n) is 14.3. The molecule has 0 amide bonds. The molecule has 4 aromatic rings. The summed E-state index contributed by atoms with van der Waals surface area (Å²) < 4.78 is 15.7. The van der Waals surface area contributed by atoms with Crippen molar-refractivity contribution >= 4 is 22.4 Å². The quantitative estimate of drug-likeness (QED) is 0.617. The first-order valence-electron chi connectivity index (χ1n) is 8.79. The molecule has 1 aromatic carbocycles. The monoisotopic (exact) mass is 350 g/mol. The highest BCUT2D eigenvalue weighted by Crippen LogP contribution is 2.26. The summed E-state index contributed by atoms with van der Waals surface area (Å²) in [5.41, 5.74) is 3.76. The molecule has 0 atom stereocenters. The molecule has 132 valence electrons. The Morgan fingerprint density at radius 1 is 1.08 bits per heavy atom. The Labute approximate surface area is 149 Å². The van der Waals surface area contributed by atoms with E-state index in [2.05, 4.69) is 19.8 Å². The molecule has 0 radical (unpaired) electrons.